The molecule has 104 valence electrons. The second-order valence-electron chi connectivity index (χ2n) is 4.99. The molecule has 18 heavy (non-hydrogen) atoms. The number of nitrogens with two attached hydrogens (primary N) is 1. The summed E-state index contributed by atoms with van der Waals surface area (Å²) in [5, 5.41) is 8.89. The molecule has 0 radical (unpaired) electrons. The molecule has 7 nitrogen and oxygen atoms in total. The fraction of sp³-hybridized carbons (Fsp3) is 0.727. The van der Waals surface area contributed by atoms with Crippen LogP contribution in [0.5, 0.6) is 0 Å². The monoisotopic (exact) mass is 260 g/mol. The van der Waals surface area contributed by atoms with Gasteiger partial charge in [0.15, 0.2) is 0 Å². The normalized spacial score (nSPS) is 14.6. The first-order valence-electron chi connectivity index (χ1n) is 5.52. The Kier molecular flexibility index (Phi) is 5.29. The van der Waals surface area contributed by atoms with Crippen molar-refractivity contribution in [2.75, 3.05) is 0 Å². The van der Waals surface area contributed by atoms with E-state index in [9.17, 15) is 14.4 Å². The quantitative estimate of drug-likeness (QED) is 0.767. The topological polar surface area (TPSA) is 110 Å². The second-order valence-corrected chi connectivity index (χ2v) is 4.99. The number of carboxylic acid groups (broad SMARTS) is 1. The summed E-state index contributed by atoms with van der Waals surface area (Å²) in [4.78, 5) is 35.0. The Labute approximate surface area is 106 Å². The van der Waals surface area contributed by atoms with Crippen LogP contribution in [0.1, 0.15) is 34.6 Å². The number of ether oxygens (including phenoxy) is 1. The summed E-state index contributed by atoms with van der Waals surface area (Å²) in [6, 6.07) is -2.32. The molecule has 2 atom stereocenters. The summed E-state index contributed by atoms with van der Waals surface area (Å²) in [5.41, 5.74) is 4.56. The van der Waals surface area contributed by atoms with E-state index in [-0.39, 0.29) is 0 Å². The van der Waals surface area contributed by atoms with E-state index >= 15 is 0 Å². The third kappa shape index (κ3) is 4.70. The van der Waals surface area contributed by atoms with Crippen molar-refractivity contribution in [3.05, 3.63) is 0 Å². The van der Waals surface area contributed by atoms with Gasteiger partial charge in [0.2, 0.25) is 5.91 Å². The summed E-state index contributed by atoms with van der Waals surface area (Å²) < 4.78 is 4.99. The average Bonchev–Trinajstić information content (AvgIpc) is 2.14. The third-order valence-corrected chi connectivity index (χ3v) is 1.96. The van der Waals surface area contributed by atoms with Crippen LogP contribution in [-0.4, -0.2) is 45.7 Å². The highest BCUT2D eigenvalue weighted by atomic mass is 16.6. The lowest BCUT2D eigenvalue weighted by atomic mass is 10.2. The summed E-state index contributed by atoms with van der Waals surface area (Å²) in [6.07, 6.45) is -1.01. The minimum atomic E-state index is -1.33. The first kappa shape index (κ1) is 16.4. The zero-order valence-corrected chi connectivity index (χ0v) is 11.3. The molecule has 0 aromatic rings. The van der Waals surface area contributed by atoms with E-state index < -0.39 is 35.7 Å². The van der Waals surface area contributed by atoms with E-state index in [4.69, 9.17) is 15.6 Å². The lowest BCUT2D eigenvalue weighted by Gasteiger charge is -2.29. The third-order valence-electron chi connectivity index (χ3n) is 1.96. The van der Waals surface area contributed by atoms with Crippen molar-refractivity contribution in [3.63, 3.8) is 0 Å². The predicted octanol–water partition coefficient (Wildman–Crippen LogP) is 0.570. The first-order chi connectivity index (χ1) is 7.97. The van der Waals surface area contributed by atoms with Gasteiger partial charge >= 0.3 is 12.1 Å². The van der Waals surface area contributed by atoms with Gasteiger partial charge in [-0.1, -0.05) is 0 Å². The zero-order valence-electron chi connectivity index (χ0n) is 11.3. The molecule has 0 saturated heterocycles. The van der Waals surface area contributed by atoms with Gasteiger partial charge < -0.3 is 15.6 Å². The maximum absolute atomic E-state index is 11.8. The minimum Gasteiger partial charge on any atom is -0.480 e. The molecule has 0 rings (SSSR count). The number of nitrogens with zero attached hydrogens (tertiary/aromatic N) is 1. The van der Waals surface area contributed by atoms with Crippen molar-refractivity contribution in [1.29, 1.82) is 0 Å². The standard InChI is InChI=1S/C11H20N2O5/c1-6(12)8(14)13(7(2)9(15)16)10(17)18-11(3,4)5/h6-7H,12H2,1-5H3,(H,15,16). The van der Waals surface area contributed by atoms with Crippen LogP contribution >= 0.6 is 0 Å². The largest absolute Gasteiger partial charge is 0.480 e. The van der Waals surface area contributed by atoms with Gasteiger partial charge in [0.05, 0.1) is 6.04 Å². The Morgan fingerprint density at radius 1 is 1.22 bits per heavy atom. The van der Waals surface area contributed by atoms with Crippen LogP contribution in [0, 0.1) is 0 Å². The van der Waals surface area contributed by atoms with E-state index in [0.29, 0.717) is 4.90 Å². The maximum atomic E-state index is 11.8. The SMILES string of the molecule is CC(N)C(=O)N(C(=O)OC(C)(C)C)C(C)C(=O)O. The van der Waals surface area contributed by atoms with Gasteiger partial charge in [-0.3, -0.25) is 4.79 Å². The Morgan fingerprint density at radius 2 is 1.67 bits per heavy atom. The highest BCUT2D eigenvalue weighted by molar-refractivity contribution is 5.98. The number of carbonyl (C=O) groups is 3. The molecule has 7 heteroatoms. The molecule has 0 aliphatic rings. The Morgan fingerprint density at radius 3 is 1.94 bits per heavy atom. The van der Waals surface area contributed by atoms with Crippen LogP contribution in [0.4, 0.5) is 4.79 Å². The van der Waals surface area contributed by atoms with Gasteiger partial charge in [0.1, 0.15) is 11.6 Å². The van der Waals surface area contributed by atoms with Gasteiger partial charge in [0, 0.05) is 0 Å². The Balaban J connectivity index is 5.17. The van der Waals surface area contributed by atoms with Crippen molar-refractivity contribution in [1.82, 2.24) is 4.90 Å². The Bertz CT molecular complexity index is 346. The molecule has 0 aliphatic carbocycles. The van der Waals surface area contributed by atoms with Gasteiger partial charge in [-0.25, -0.2) is 14.5 Å². The second kappa shape index (κ2) is 5.81. The molecule has 0 aromatic heterocycles. The van der Waals surface area contributed by atoms with E-state index in [1.54, 1.807) is 20.8 Å². The summed E-state index contributed by atoms with van der Waals surface area (Å²) in [7, 11) is 0. The molecule has 2 amide bonds. The fourth-order valence-corrected chi connectivity index (χ4v) is 1.08. The van der Waals surface area contributed by atoms with Crippen molar-refractivity contribution in [2.45, 2.75) is 52.3 Å². The highest BCUT2D eigenvalue weighted by Crippen LogP contribution is 2.13. The van der Waals surface area contributed by atoms with Gasteiger partial charge in [0.25, 0.3) is 0 Å². The molecule has 0 spiro atoms. The molecule has 0 heterocycles. The molecule has 0 bridgehead atoms. The predicted molar refractivity (Wildman–Crippen MR) is 63.8 cm³/mol. The van der Waals surface area contributed by atoms with Crippen molar-refractivity contribution < 1.29 is 24.2 Å². The van der Waals surface area contributed by atoms with Crippen LogP contribution in [-0.2, 0) is 14.3 Å². The van der Waals surface area contributed by atoms with Crippen LogP contribution in [0.15, 0.2) is 0 Å². The molecule has 3 N–H and O–H groups in total. The lowest BCUT2D eigenvalue weighted by molar-refractivity contribution is -0.149. The van der Waals surface area contributed by atoms with Crippen molar-refractivity contribution in [3.8, 4) is 0 Å². The van der Waals surface area contributed by atoms with E-state index in [1.807, 2.05) is 0 Å². The molecule has 0 saturated carbocycles. The Hall–Kier alpha value is -1.63. The number of amides is 2. The van der Waals surface area contributed by atoms with Crippen LogP contribution in [0.2, 0.25) is 0 Å². The molecular weight excluding hydrogens is 240 g/mol. The average molecular weight is 260 g/mol. The van der Waals surface area contributed by atoms with E-state index in [1.165, 1.54) is 13.8 Å². The molecular formula is C11H20N2O5. The fourth-order valence-electron chi connectivity index (χ4n) is 1.08. The van der Waals surface area contributed by atoms with Gasteiger partial charge in [-0.2, -0.15) is 0 Å². The smallest absolute Gasteiger partial charge is 0.417 e. The summed E-state index contributed by atoms with van der Waals surface area (Å²) in [5.74, 6) is -2.10. The van der Waals surface area contributed by atoms with Crippen molar-refractivity contribution in [2.24, 2.45) is 5.73 Å². The van der Waals surface area contributed by atoms with Crippen LogP contribution in [0.3, 0.4) is 0 Å². The first-order valence-corrected chi connectivity index (χ1v) is 5.52. The number of hydrogen-bond donors (Lipinski definition) is 2. The van der Waals surface area contributed by atoms with Gasteiger partial charge in [-0.15, -0.1) is 0 Å². The molecule has 0 fully saturated rings. The van der Waals surface area contributed by atoms with E-state index in [2.05, 4.69) is 0 Å². The van der Waals surface area contributed by atoms with Crippen molar-refractivity contribution >= 4 is 18.0 Å². The summed E-state index contributed by atoms with van der Waals surface area (Å²) >= 11 is 0. The number of carbonyl (C=O) groups excluding carboxylic acids is 2. The van der Waals surface area contributed by atoms with Crippen LogP contribution < -0.4 is 5.73 Å². The number of imide groups is 1. The van der Waals surface area contributed by atoms with Gasteiger partial charge in [-0.05, 0) is 34.6 Å². The number of carboxylic acids is 1. The summed E-state index contributed by atoms with van der Waals surface area (Å²) in [6.45, 7) is 7.43. The molecule has 0 aromatic carbocycles. The minimum absolute atomic E-state index is 0.526. The number of aliphatic carboxylic acids is 1. The number of rotatable bonds is 3. The molecule has 0 aliphatic heterocycles. The number of hydrogen-bond acceptors (Lipinski definition) is 5. The lowest BCUT2D eigenvalue weighted by Crippen LogP contribution is -2.53. The van der Waals surface area contributed by atoms with Crippen LogP contribution in [0.25, 0.3) is 0 Å². The maximum Gasteiger partial charge on any atom is 0.417 e. The molecule has 2 unspecified atom stereocenters. The van der Waals surface area contributed by atoms with E-state index in [0.717, 1.165) is 0 Å². The highest BCUT2D eigenvalue weighted by Gasteiger charge is 2.35. The zero-order chi connectivity index (χ0) is 14.7.